The number of piperidine rings is 1. The zero-order valence-electron chi connectivity index (χ0n) is 18.1. The fourth-order valence-corrected chi connectivity index (χ4v) is 4.17. The molecule has 1 amide bonds. The van der Waals surface area contributed by atoms with E-state index in [1.165, 1.54) is 22.4 Å². The number of amides is 1. The van der Waals surface area contributed by atoms with Crippen LogP contribution in [-0.4, -0.2) is 48.2 Å². The highest BCUT2D eigenvalue weighted by molar-refractivity contribution is 5.92. The largest absolute Gasteiger partial charge is 0.378 e. The van der Waals surface area contributed by atoms with Crippen LogP contribution in [0.4, 0.5) is 5.69 Å². The Morgan fingerprint density at radius 2 is 1.77 bits per heavy atom. The molecule has 0 unspecified atom stereocenters. The SMILES string of the molecule is CCc1cc(C(=O)N2CCC(c3cccc(-c4cccc(N(C)C)c4)c3)CC2)n[nH]1. The minimum absolute atomic E-state index is 0.0404. The molecular weight excluding hydrogens is 372 g/mol. The van der Waals surface area contributed by atoms with Gasteiger partial charge in [0, 0.05) is 38.6 Å². The Bertz CT molecular complexity index is 1020. The van der Waals surface area contributed by atoms with Crippen molar-refractivity contribution in [2.24, 2.45) is 0 Å². The van der Waals surface area contributed by atoms with Crippen LogP contribution in [-0.2, 0) is 6.42 Å². The Kier molecular flexibility index (Phi) is 5.88. The Balaban J connectivity index is 1.44. The maximum Gasteiger partial charge on any atom is 0.274 e. The number of aromatic nitrogens is 2. The van der Waals surface area contributed by atoms with E-state index in [4.69, 9.17) is 0 Å². The first-order chi connectivity index (χ1) is 14.5. The molecule has 30 heavy (non-hydrogen) atoms. The molecule has 5 nitrogen and oxygen atoms in total. The Hall–Kier alpha value is -3.08. The smallest absolute Gasteiger partial charge is 0.274 e. The zero-order chi connectivity index (χ0) is 21.1. The van der Waals surface area contributed by atoms with Crippen molar-refractivity contribution in [1.29, 1.82) is 0 Å². The molecule has 1 aliphatic heterocycles. The first-order valence-electron chi connectivity index (χ1n) is 10.8. The summed E-state index contributed by atoms with van der Waals surface area (Å²) in [4.78, 5) is 16.8. The van der Waals surface area contributed by atoms with Crippen molar-refractivity contribution in [3.05, 3.63) is 71.5 Å². The summed E-state index contributed by atoms with van der Waals surface area (Å²) in [5.41, 5.74) is 6.59. The van der Waals surface area contributed by atoms with Gasteiger partial charge in [-0.3, -0.25) is 9.89 Å². The monoisotopic (exact) mass is 402 g/mol. The fraction of sp³-hybridized carbons (Fsp3) is 0.360. The predicted molar refractivity (Wildman–Crippen MR) is 122 cm³/mol. The van der Waals surface area contributed by atoms with Crippen LogP contribution in [0.25, 0.3) is 11.1 Å². The molecule has 0 aliphatic carbocycles. The van der Waals surface area contributed by atoms with Crippen LogP contribution < -0.4 is 4.90 Å². The molecule has 2 heterocycles. The molecule has 4 rings (SSSR count). The molecule has 156 valence electrons. The van der Waals surface area contributed by atoms with Crippen LogP contribution in [0.3, 0.4) is 0 Å². The first kappa shape index (κ1) is 20.2. The summed E-state index contributed by atoms with van der Waals surface area (Å²) in [6, 6.07) is 19.4. The van der Waals surface area contributed by atoms with Crippen molar-refractivity contribution in [2.75, 3.05) is 32.1 Å². The lowest BCUT2D eigenvalue weighted by Crippen LogP contribution is -2.38. The fourth-order valence-electron chi connectivity index (χ4n) is 4.17. The lowest BCUT2D eigenvalue weighted by Gasteiger charge is -2.32. The molecule has 1 aliphatic rings. The van der Waals surface area contributed by atoms with E-state index in [9.17, 15) is 4.79 Å². The van der Waals surface area contributed by atoms with E-state index in [2.05, 4.69) is 84.6 Å². The standard InChI is InChI=1S/C25H30N4O/c1-4-22-17-24(27-26-22)25(30)29-13-11-18(12-14-29)19-7-5-8-20(15-19)21-9-6-10-23(16-21)28(2)3/h5-10,15-18H,4,11-14H2,1-3H3,(H,26,27). The molecule has 1 aromatic heterocycles. The molecule has 3 aromatic rings. The number of H-pyrrole nitrogens is 1. The first-order valence-corrected chi connectivity index (χ1v) is 10.8. The van der Waals surface area contributed by atoms with E-state index in [1.807, 2.05) is 11.0 Å². The van der Waals surface area contributed by atoms with Gasteiger partial charge in [-0.25, -0.2) is 0 Å². The number of anilines is 1. The molecule has 0 saturated carbocycles. The number of aromatic amines is 1. The molecule has 1 saturated heterocycles. The van der Waals surface area contributed by atoms with E-state index in [0.29, 0.717) is 11.6 Å². The average Bonchev–Trinajstić information content (AvgIpc) is 3.28. The average molecular weight is 403 g/mol. The molecule has 0 bridgehead atoms. The van der Waals surface area contributed by atoms with E-state index in [-0.39, 0.29) is 5.91 Å². The number of nitrogens with zero attached hydrogens (tertiary/aromatic N) is 3. The van der Waals surface area contributed by atoms with Crippen molar-refractivity contribution >= 4 is 11.6 Å². The highest BCUT2D eigenvalue weighted by atomic mass is 16.2. The third-order valence-electron chi connectivity index (χ3n) is 6.07. The van der Waals surface area contributed by atoms with Crippen LogP contribution in [0.2, 0.25) is 0 Å². The third kappa shape index (κ3) is 4.25. The van der Waals surface area contributed by atoms with E-state index < -0.39 is 0 Å². The van der Waals surface area contributed by atoms with E-state index in [0.717, 1.165) is 38.0 Å². The molecule has 1 N–H and O–H groups in total. The summed E-state index contributed by atoms with van der Waals surface area (Å²) in [5.74, 6) is 0.523. The number of hydrogen-bond acceptors (Lipinski definition) is 3. The second-order valence-corrected chi connectivity index (χ2v) is 8.27. The lowest BCUT2D eigenvalue weighted by molar-refractivity contribution is 0.0707. The summed E-state index contributed by atoms with van der Waals surface area (Å²) in [5, 5.41) is 7.13. The number of aryl methyl sites for hydroxylation is 1. The summed E-state index contributed by atoms with van der Waals surface area (Å²) in [6.07, 6.45) is 2.83. The van der Waals surface area contributed by atoms with Gasteiger partial charge in [-0.05, 0) is 60.1 Å². The number of carbonyl (C=O) groups is 1. The van der Waals surface area contributed by atoms with Crippen LogP contribution >= 0.6 is 0 Å². The highest BCUT2D eigenvalue weighted by Crippen LogP contribution is 2.32. The summed E-state index contributed by atoms with van der Waals surface area (Å²) >= 11 is 0. The molecule has 0 spiro atoms. The minimum Gasteiger partial charge on any atom is -0.378 e. The van der Waals surface area contributed by atoms with Crippen LogP contribution in [0.15, 0.2) is 54.6 Å². The third-order valence-corrected chi connectivity index (χ3v) is 6.07. The zero-order valence-corrected chi connectivity index (χ0v) is 18.1. The Morgan fingerprint density at radius 3 is 2.43 bits per heavy atom. The quantitative estimate of drug-likeness (QED) is 0.672. The number of rotatable bonds is 5. The predicted octanol–water partition coefficient (Wildman–Crippen LogP) is 4.72. The maximum absolute atomic E-state index is 12.7. The second-order valence-electron chi connectivity index (χ2n) is 8.27. The molecule has 5 heteroatoms. The summed E-state index contributed by atoms with van der Waals surface area (Å²) in [7, 11) is 4.13. The van der Waals surface area contributed by atoms with E-state index >= 15 is 0 Å². The van der Waals surface area contributed by atoms with Crippen molar-refractivity contribution in [1.82, 2.24) is 15.1 Å². The van der Waals surface area contributed by atoms with Crippen LogP contribution in [0, 0.1) is 0 Å². The topological polar surface area (TPSA) is 52.2 Å². The van der Waals surface area contributed by atoms with Gasteiger partial charge < -0.3 is 9.80 Å². The van der Waals surface area contributed by atoms with Gasteiger partial charge in [0.15, 0.2) is 0 Å². The van der Waals surface area contributed by atoms with Crippen LogP contribution in [0.5, 0.6) is 0 Å². The minimum atomic E-state index is 0.0404. The highest BCUT2D eigenvalue weighted by Gasteiger charge is 2.26. The number of hydrogen-bond donors (Lipinski definition) is 1. The van der Waals surface area contributed by atoms with Crippen LogP contribution in [0.1, 0.15) is 47.4 Å². The van der Waals surface area contributed by atoms with Gasteiger partial charge in [0.2, 0.25) is 0 Å². The molecule has 1 fully saturated rings. The van der Waals surface area contributed by atoms with Gasteiger partial charge in [0.25, 0.3) is 5.91 Å². The molecule has 0 radical (unpaired) electrons. The molecular formula is C25H30N4O. The molecule has 2 aromatic carbocycles. The van der Waals surface area contributed by atoms with Gasteiger partial charge in [-0.1, -0.05) is 43.3 Å². The lowest BCUT2D eigenvalue weighted by atomic mass is 9.87. The van der Waals surface area contributed by atoms with Crippen molar-refractivity contribution in [3.8, 4) is 11.1 Å². The van der Waals surface area contributed by atoms with Gasteiger partial charge in [-0.2, -0.15) is 5.10 Å². The summed E-state index contributed by atoms with van der Waals surface area (Å²) < 4.78 is 0. The summed E-state index contributed by atoms with van der Waals surface area (Å²) in [6.45, 7) is 3.61. The van der Waals surface area contributed by atoms with E-state index in [1.54, 1.807) is 0 Å². The van der Waals surface area contributed by atoms with Crippen molar-refractivity contribution < 1.29 is 4.79 Å². The van der Waals surface area contributed by atoms with Gasteiger partial charge >= 0.3 is 0 Å². The van der Waals surface area contributed by atoms with Crippen molar-refractivity contribution in [2.45, 2.75) is 32.1 Å². The van der Waals surface area contributed by atoms with Gasteiger partial charge in [0.1, 0.15) is 5.69 Å². The normalized spacial score (nSPS) is 14.7. The maximum atomic E-state index is 12.7. The van der Waals surface area contributed by atoms with Crippen molar-refractivity contribution in [3.63, 3.8) is 0 Å². The Labute approximate surface area is 178 Å². The second kappa shape index (κ2) is 8.74. The number of benzene rings is 2. The van der Waals surface area contributed by atoms with Gasteiger partial charge in [-0.15, -0.1) is 0 Å². The van der Waals surface area contributed by atoms with Gasteiger partial charge in [0.05, 0.1) is 0 Å². The molecule has 0 atom stereocenters. The Morgan fingerprint density at radius 1 is 1.07 bits per heavy atom. The number of likely N-dealkylation sites (tertiary alicyclic amines) is 1. The number of carbonyl (C=O) groups excluding carboxylic acids is 1. The number of nitrogens with one attached hydrogen (secondary N) is 1.